The third-order valence-electron chi connectivity index (χ3n) is 5.22. The highest BCUT2D eigenvalue weighted by molar-refractivity contribution is 5.68. The van der Waals surface area contributed by atoms with Crippen LogP contribution in [0.1, 0.15) is 42.1 Å². The van der Waals surface area contributed by atoms with Gasteiger partial charge in [-0.15, -0.1) is 0 Å². The zero-order valence-electron chi connectivity index (χ0n) is 16.7. The van der Waals surface area contributed by atoms with E-state index in [1.165, 1.54) is 12.1 Å². The Bertz CT molecular complexity index is 992. The zero-order chi connectivity index (χ0) is 21.5. The highest BCUT2D eigenvalue weighted by Gasteiger charge is 2.29. The summed E-state index contributed by atoms with van der Waals surface area (Å²) in [6.45, 7) is 2.54. The summed E-state index contributed by atoms with van der Waals surface area (Å²) in [6, 6.07) is 25.3. The fourth-order valence-electron chi connectivity index (χ4n) is 3.67. The number of carbonyl (C=O) groups is 1. The van der Waals surface area contributed by atoms with Gasteiger partial charge in [0.25, 0.3) is 5.69 Å². The van der Waals surface area contributed by atoms with Crippen LogP contribution < -0.4 is 0 Å². The molecule has 2 atom stereocenters. The van der Waals surface area contributed by atoms with Crippen LogP contribution in [0.5, 0.6) is 0 Å². The van der Waals surface area contributed by atoms with E-state index >= 15 is 0 Å². The second kappa shape index (κ2) is 9.80. The maximum atomic E-state index is 11.8. The molecule has 0 amide bonds. The number of aliphatic carboxylic acids is 1. The molecule has 6 heteroatoms. The highest BCUT2D eigenvalue weighted by atomic mass is 16.6. The van der Waals surface area contributed by atoms with Crippen LogP contribution in [0.25, 0.3) is 0 Å². The van der Waals surface area contributed by atoms with Gasteiger partial charge in [0.1, 0.15) is 0 Å². The van der Waals surface area contributed by atoms with E-state index in [2.05, 4.69) is 4.90 Å². The Kier molecular flexibility index (Phi) is 6.93. The van der Waals surface area contributed by atoms with E-state index in [-0.39, 0.29) is 18.2 Å². The average Bonchev–Trinajstić information content (AvgIpc) is 2.77. The molecule has 0 saturated heterocycles. The Morgan fingerprint density at radius 1 is 0.967 bits per heavy atom. The Hall–Kier alpha value is -3.51. The third-order valence-corrected chi connectivity index (χ3v) is 5.22. The lowest BCUT2D eigenvalue weighted by Crippen LogP contribution is -2.32. The van der Waals surface area contributed by atoms with Crippen LogP contribution in [0.15, 0.2) is 84.9 Å². The quantitative estimate of drug-likeness (QED) is 0.383. The van der Waals surface area contributed by atoms with Crippen molar-refractivity contribution in [3.8, 4) is 0 Å². The minimum Gasteiger partial charge on any atom is -0.481 e. The molecule has 0 aromatic heterocycles. The summed E-state index contributed by atoms with van der Waals surface area (Å²) in [5.41, 5.74) is 2.66. The first kappa shape index (κ1) is 21.2. The number of non-ortho nitro benzene ring substituents is 1. The summed E-state index contributed by atoms with van der Waals surface area (Å²) in [6.07, 6.45) is -0.162. The second-order valence-electron chi connectivity index (χ2n) is 7.21. The number of carboxylic acid groups (broad SMARTS) is 1. The van der Waals surface area contributed by atoms with Crippen molar-refractivity contribution in [1.29, 1.82) is 0 Å². The molecule has 0 aliphatic carbocycles. The molecule has 3 rings (SSSR count). The van der Waals surface area contributed by atoms with E-state index in [4.69, 9.17) is 0 Å². The maximum Gasteiger partial charge on any atom is 0.305 e. The zero-order valence-corrected chi connectivity index (χ0v) is 16.7. The number of hydrogen-bond acceptors (Lipinski definition) is 4. The summed E-state index contributed by atoms with van der Waals surface area (Å²) >= 11 is 0. The fraction of sp³-hybridized carbons (Fsp3) is 0.208. The summed E-state index contributed by atoms with van der Waals surface area (Å²) in [5, 5.41) is 20.9. The van der Waals surface area contributed by atoms with Crippen LogP contribution in [-0.4, -0.2) is 20.9 Å². The van der Waals surface area contributed by atoms with Crippen molar-refractivity contribution in [3.05, 3.63) is 112 Å². The first-order chi connectivity index (χ1) is 14.5. The molecule has 0 radical (unpaired) electrons. The lowest BCUT2D eigenvalue weighted by Gasteiger charge is -2.36. The Balaban J connectivity index is 2.07. The van der Waals surface area contributed by atoms with E-state index < -0.39 is 16.9 Å². The maximum absolute atomic E-state index is 11.8. The number of benzene rings is 3. The van der Waals surface area contributed by atoms with Crippen LogP contribution in [0.2, 0.25) is 0 Å². The number of nitro benzene ring substituents is 1. The Labute approximate surface area is 175 Å². The van der Waals surface area contributed by atoms with E-state index in [0.29, 0.717) is 12.1 Å². The van der Waals surface area contributed by atoms with Gasteiger partial charge >= 0.3 is 5.97 Å². The standard InChI is InChI=1S/C24H24N2O4/c1-18(20-11-6-3-7-12-20)25(17-19-9-4-2-5-10-19)23(16-24(27)28)21-13-8-14-22(15-21)26(29)30/h2-15,18,23H,16-17H2,1H3,(H,27,28). The molecule has 3 aromatic carbocycles. The lowest BCUT2D eigenvalue weighted by atomic mass is 9.96. The van der Waals surface area contributed by atoms with Gasteiger partial charge < -0.3 is 5.11 Å². The number of nitrogens with zero attached hydrogens (tertiary/aromatic N) is 2. The number of rotatable bonds is 9. The summed E-state index contributed by atoms with van der Waals surface area (Å²) in [4.78, 5) is 24.7. The minimum atomic E-state index is -0.954. The molecule has 0 heterocycles. The molecular formula is C24H24N2O4. The smallest absolute Gasteiger partial charge is 0.305 e. The van der Waals surface area contributed by atoms with E-state index in [0.717, 1.165) is 11.1 Å². The Morgan fingerprint density at radius 2 is 1.57 bits per heavy atom. The van der Waals surface area contributed by atoms with Gasteiger partial charge in [-0.2, -0.15) is 0 Å². The Morgan fingerprint density at radius 3 is 2.17 bits per heavy atom. The highest BCUT2D eigenvalue weighted by Crippen LogP contribution is 2.35. The lowest BCUT2D eigenvalue weighted by molar-refractivity contribution is -0.385. The second-order valence-corrected chi connectivity index (χ2v) is 7.21. The van der Waals surface area contributed by atoms with Gasteiger partial charge in [-0.1, -0.05) is 72.8 Å². The van der Waals surface area contributed by atoms with Crippen molar-refractivity contribution in [2.24, 2.45) is 0 Å². The van der Waals surface area contributed by atoms with Gasteiger partial charge in [0.15, 0.2) is 0 Å². The van der Waals surface area contributed by atoms with Crippen molar-refractivity contribution in [1.82, 2.24) is 4.90 Å². The third kappa shape index (κ3) is 5.30. The molecule has 1 N–H and O–H groups in total. The minimum absolute atomic E-state index is 0.0464. The van der Waals surface area contributed by atoms with Gasteiger partial charge in [0, 0.05) is 30.8 Å². The largest absolute Gasteiger partial charge is 0.481 e. The summed E-state index contributed by atoms with van der Waals surface area (Å²) < 4.78 is 0. The number of nitro groups is 1. The summed E-state index contributed by atoms with van der Waals surface area (Å²) in [5.74, 6) is -0.954. The molecule has 0 saturated carbocycles. The molecule has 0 aliphatic heterocycles. The van der Waals surface area contributed by atoms with Crippen LogP contribution in [0, 0.1) is 10.1 Å². The van der Waals surface area contributed by atoms with Crippen molar-refractivity contribution in [2.75, 3.05) is 0 Å². The topological polar surface area (TPSA) is 83.7 Å². The van der Waals surface area contributed by atoms with Crippen LogP contribution in [0.3, 0.4) is 0 Å². The first-order valence-electron chi connectivity index (χ1n) is 9.76. The predicted octanol–water partition coefficient (Wildman–Crippen LogP) is 5.37. The first-order valence-corrected chi connectivity index (χ1v) is 9.76. The SMILES string of the molecule is CC(c1ccccc1)N(Cc1ccccc1)C(CC(=O)O)c1cccc([N+](=O)[O-])c1. The molecular weight excluding hydrogens is 380 g/mol. The van der Waals surface area contributed by atoms with Gasteiger partial charge in [0.05, 0.1) is 11.3 Å². The molecule has 0 spiro atoms. The van der Waals surface area contributed by atoms with Gasteiger partial charge in [0.2, 0.25) is 0 Å². The molecule has 0 bridgehead atoms. The van der Waals surface area contributed by atoms with Crippen LogP contribution in [-0.2, 0) is 11.3 Å². The fourth-order valence-corrected chi connectivity index (χ4v) is 3.67. The molecule has 30 heavy (non-hydrogen) atoms. The summed E-state index contributed by atoms with van der Waals surface area (Å²) in [7, 11) is 0. The van der Waals surface area contributed by atoms with Gasteiger partial charge in [-0.05, 0) is 23.6 Å². The van der Waals surface area contributed by atoms with Crippen LogP contribution >= 0.6 is 0 Å². The molecule has 0 aliphatic rings. The van der Waals surface area contributed by atoms with Crippen molar-refractivity contribution in [3.63, 3.8) is 0 Å². The molecule has 154 valence electrons. The van der Waals surface area contributed by atoms with E-state index in [1.54, 1.807) is 12.1 Å². The van der Waals surface area contributed by atoms with Gasteiger partial charge in [-0.3, -0.25) is 19.8 Å². The van der Waals surface area contributed by atoms with Crippen LogP contribution in [0.4, 0.5) is 5.69 Å². The normalized spacial score (nSPS) is 13.0. The number of hydrogen-bond donors (Lipinski definition) is 1. The average molecular weight is 404 g/mol. The van der Waals surface area contributed by atoms with E-state index in [1.807, 2.05) is 67.6 Å². The predicted molar refractivity (Wildman–Crippen MR) is 115 cm³/mol. The molecule has 3 aromatic rings. The van der Waals surface area contributed by atoms with Crippen molar-refractivity contribution >= 4 is 11.7 Å². The molecule has 6 nitrogen and oxygen atoms in total. The van der Waals surface area contributed by atoms with Crippen molar-refractivity contribution in [2.45, 2.75) is 32.0 Å². The molecule has 0 fully saturated rings. The molecule has 2 unspecified atom stereocenters. The van der Waals surface area contributed by atoms with E-state index in [9.17, 15) is 20.0 Å². The van der Waals surface area contributed by atoms with Gasteiger partial charge in [-0.25, -0.2) is 0 Å². The van der Waals surface area contributed by atoms with Crippen molar-refractivity contribution < 1.29 is 14.8 Å². The number of carboxylic acids is 1. The monoisotopic (exact) mass is 404 g/mol.